The van der Waals surface area contributed by atoms with Gasteiger partial charge in [0.15, 0.2) is 0 Å². The van der Waals surface area contributed by atoms with Crippen molar-refractivity contribution in [3.05, 3.63) is 24.3 Å². The molecule has 3 rings (SSSR count). The molecule has 126 valence electrons. The van der Waals surface area contributed by atoms with Crippen LogP contribution in [0, 0.1) is 5.92 Å². The van der Waals surface area contributed by atoms with Crippen molar-refractivity contribution in [2.45, 2.75) is 12.8 Å². The Bertz CT molecular complexity index is 524. The number of hydrogen-bond donors (Lipinski definition) is 0. The van der Waals surface area contributed by atoms with E-state index < -0.39 is 0 Å². The van der Waals surface area contributed by atoms with Gasteiger partial charge in [-0.25, -0.2) is 0 Å². The van der Waals surface area contributed by atoms with Crippen LogP contribution in [0.15, 0.2) is 24.3 Å². The largest absolute Gasteiger partial charge is 0.497 e. The normalized spacial score (nSPS) is 23.0. The lowest BCUT2D eigenvalue weighted by atomic mass is 9.96. The molecule has 0 N–H and O–H groups in total. The number of hydrogen-bond acceptors (Lipinski definition) is 4. The Morgan fingerprint density at radius 2 is 1.78 bits per heavy atom. The second-order valence-corrected chi connectivity index (χ2v) is 6.61. The molecule has 2 aliphatic heterocycles. The molecule has 1 aromatic carbocycles. The summed E-state index contributed by atoms with van der Waals surface area (Å²) in [6.07, 6.45) is 2.18. The van der Waals surface area contributed by atoms with Crippen molar-refractivity contribution in [3.8, 4) is 5.75 Å². The number of piperazine rings is 1. The second kappa shape index (κ2) is 7.21. The van der Waals surface area contributed by atoms with Gasteiger partial charge in [0.1, 0.15) is 5.75 Å². The molecule has 0 bridgehead atoms. The van der Waals surface area contributed by atoms with Gasteiger partial charge in [0.2, 0.25) is 5.91 Å². The van der Waals surface area contributed by atoms with Crippen LogP contribution in [0.1, 0.15) is 12.8 Å². The molecular formula is C18H27N3O2. The Kier molecular flexibility index (Phi) is 5.06. The highest BCUT2D eigenvalue weighted by Gasteiger charge is 2.29. The Hall–Kier alpha value is -1.75. The molecule has 1 aromatic rings. The number of rotatable bonds is 3. The number of anilines is 1. The number of piperidine rings is 1. The van der Waals surface area contributed by atoms with Crippen molar-refractivity contribution in [2.24, 2.45) is 5.92 Å². The molecule has 0 aromatic heterocycles. The van der Waals surface area contributed by atoms with Gasteiger partial charge in [-0.05, 0) is 50.7 Å². The average Bonchev–Trinajstić information content (AvgIpc) is 2.61. The zero-order chi connectivity index (χ0) is 16.2. The summed E-state index contributed by atoms with van der Waals surface area (Å²) < 4.78 is 5.21. The number of likely N-dealkylation sites (tertiary alicyclic amines) is 1. The van der Waals surface area contributed by atoms with E-state index in [-0.39, 0.29) is 5.92 Å². The summed E-state index contributed by atoms with van der Waals surface area (Å²) in [6, 6.07) is 8.16. The van der Waals surface area contributed by atoms with E-state index in [0.717, 1.165) is 57.9 Å². The number of benzene rings is 1. The van der Waals surface area contributed by atoms with E-state index in [4.69, 9.17) is 4.74 Å². The van der Waals surface area contributed by atoms with E-state index in [0.29, 0.717) is 5.91 Å². The zero-order valence-electron chi connectivity index (χ0n) is 14.2. The minimum absolute atomic E-state index is 0.196. The molecule has 2 saturated heterocycles. The molecule has 0 spiro atoms. The Balaban J connectivity index is 1.54. The van der Waals surface area contributed by atoms with Crippen molar-refractivity contribution in [1.29, 1.82) is 0 Å². The summed E-state index contributed by atoms with van der Waals surface area (Å²) in [4.78, 5) is 19.4. The highest BCUT2D eigenvalue weighted by molar-refractivity contribution is 5.79. The lowest BCUT2D eigenvalue weighted by Gasteiger charge is -2.39. The molecule has 0 aliphatic carbocycles. The molecule has 1 amide bonds. The predicted molar refractivity (Wildman–Crippen MR) is 92.0 cm³/mol. The van der Waals surface area contributed by atoms with Crippen molar-refractivity contribution in [1.82, 2.24) is 9.80 Å². The molecular weight excluding hydrogens is 290 g/mol. The van der Waals surface area contributed by atoms with Crippen molar-refractivity contribution >= 4 is 11.6 Å². The maximum atomic E-state index is 12.7. The average molecular weight is 317 g/mol. The van der Waals surface area contributed by atoms with Crippen LogP contribution in [0.2, 0.25) is 0 Å². The van der Waals surface area contributed by atoms with Crippen LogP contribution < -0.4 is 9.64 Å². The first-order chi connectivity index (χ1) is 11.2. The third-order valence-electron chi connectivity index (χ3n) is 5.00. The molecule has 2 aliphatic rings. The molecule has 0 unspecified atom stereocenters. The summed E-state index contributed by atoms with van der Waals surface area (Å²) in [5, 5.41) is 0. The number of carbonyl (C=O) groups is 1. The number of nitrogens with zero attached hydrogens (tertiary/aromatic N) is 3. The quantitative estimate of drug-likeness (QED) is 0.850. The summed E-state index contributed by atoms with van der Waals surface area (Å²) in [5.41, 5.74) is 1.20. The summed E-state index contributed by atoms with van der Waals surface area (Å²) in [7, 11) is 3.79. The summed E-state index contributed by atoms with van der Waals surface area (Å²) in [6.45, 7) is 5.49. The maximum Gasteiger partial charge on any atom is 0.227 e. The third-order valence-corrected chi connectivity index (χ3v) is 5.00. The molecule has 0 saturated carbocycles. The predicted octanol–water partition coefficient (Wildman–Crippen LogP) is 1.69. The third kappa shape index (κ3) is 3.78. The van der Waals surface area contributed by atoms with Crippen molar-refractivity contribution in [2.75, 3.05) is 58.3 Å². The van der Waals surface area contributed by atoms with Gasteiger partial charge in [-0.15, -0.1) is 0 Å². The number of methoxy groups -OCH3 is 1. The molecule has 2 heterocycles. The minimum Gasteiger partial charge on any atom is -0.497 e. The standard InChI is InChI=1S/C18H27N3O2/c1-19-9-3-4-15(14-19)18(22)21-12-10-20(11-13-21)16-5-7-17(23-2)8-6-16/h5-8,15H,3-4,9-14H2,1-2H3/t15-/m1/s1. The van der Waals surface area contributed by atoms with E-state index in [1.54, 1.807) is 7.11 Å². The fraction of sp³-hybridized carbons (Fsp3) is 0.611. The molecule has 5 heteroatoms. The van der Waals surface area contributed by atoms with Gasteiger partial charge < -0.3 is 19.4 Å². The summed E-state index contributed by atoms with van der Waals surface area (Å²) >= 11 is 0. The zero-order valence-corrected chi connectivity index (χ0v) is 14.2. The van der Waals surface area contributed by atoms with Gasteiger partial charge in [-0.1, -0.05) is 0 Å². The monoisotopic (exact) mass is 317 g/mol. The topological polar surface area (TPSA) is 36.0 Å². The van der Waals surface area contributed by atoms with E-state index in [9.17, 15) is 4.79 Å². The van der Waals surface area contributed by atoms with Gasteiger partial charge in [-0.3, -0.25) is 4.79 Å². The molecule has 2 fully saturated rings. The van der Waals surface area contributed by atoms with Gasteiger partial charge in [0.25, 0.3) is 0 Å². The van der Waals surface area contributed by atoms with Crippen molar-refractivity contribution in [3.63, 3.8) is 0 Å². The minimum atomic E-state index is 0.196. The first-order valence-corrected chi connectivity index (χ1v) is 8.53. The van der Waals surface area contributed by atoms with Crippen LogP contribution in [0.5, 0.6) is 5.75 Å². The van der Waals surface area contributed by atoms with Crippen LogP contribution in [0.3, 0.4) is 0 Å². The Morgan fingerprint density at radius 3 is 2.39 bits per heavy atom. The molecule has 23 heavy (non-hydrogen) atoms. The fourth-order valence-electron chi connectivity index (χ4n) is 3.60. The number of carbonyl (C=O) groups excluding carboxylic acids is 1. The number of amides is 1. The number of ether oxygens (including phenoxy) is 1. The summed E-state index contributed by atoms with van der Waals surface area (Å²) in [5.74, 6) is 1.43. The van der Waals surface area contributed by atoms with Crippen LogP contribution >= 0.6 is 0 Å². The van der Waals surface area contributed by atoms with Crippen LogP contribution in [-0.2, 0) is 4.79 Å². The van der Waals surface area contributed by atoms with Gasteiger partial charge >= 0.3 is 0 Å². The molecule has 1 atom stereocenters. The Morgan fingerprint density at radius 1 is 1.09 bits per heavy atom. The Labute approximate surface area is 138 Å². The van der Waals surface area contributed by atoms with E-state index in [2.05, 4.69) is 33.9 Å². The van der Waals surface area contributed by atoms with Crippen molar-refractivity contribution < 1.29 is 9.53 Å². The first-order valence-electron chi connectivity index (χ1n) is 8.53. The van der Waals surface area contributed by atoms with Gasteiger partial charge in [0, 0.05) is 38.4 Å². The molecule has 5 nitrogen and oxygen atoms in total. The van der Waals surface area contributed by atoms with Crippen LogP contribution in [0.25, 0.3) is 0 Å². The lowest BCUT2D eigenvalue weighted by Crippen LogP contribution is -2.52. The first kappa shape index (κ1) is 16.1. The second-order valence-electron chi connectivity index (χ2n) is 6.61. The highest BCUT2D eigenvalue weighted by Crippen LogP contribution is 2.22. The van der Waals surface area contributed by atoms with Gasteiger partial charge in [0.05, 0.1) is 13.0 Å². The molecule has 0 radical (unpaired) electrons. The highest BCUT2D eigenvalue weighted by atomic mass is 16.5. The van der Waals surface area contributed by atoms with Crippen LogP contribution in [-0.4, -0.2) is 69.1 Å². The fourth-order valence-corrected chi connectivity index (χ4v) is 3.60. The van der Waals surface area contributed by atoms with E-state index in [1.807, 2.05) is 12.1 Å². The van der Waals surface area contributed by atoms with Gasteiger partial charge in [-0.2, -0.15) is 0 Å². The van der Waals surface area contributed by atoms with Crippen LogP contribution in [0.4, 0.5) is 5.69 Å². The SMILES string of the molecule is COc1ccc(N2CCN(C(=O)[C@@H]3CCCN(C)C3)CC2)cc1. The smallest absolute Gasteiger partial charge is 0.227 e. The lowest BCUT2D eigenvalue weighted by molar-refractivity contribution is -0.137. The maximum absolute atomic E-state index is 12.7. The van der Waals surface area contributed by atoms with E-state index in [1.165, 1.54) is 5.69 Å². The van der Waals surface area contributed by atoms with E-state index >= 15 is 0 Å².